The van der Waals surface area contributed by atoms with E-state index in [0.29, 0.717) is 12.0 Å². The lowest BCUT2D eigenvalue weighted by molar-refractivity contribution is -0.135. The number of halogens is 2. The molecule has 0 aliphatic heterocycles. The number of hydrogen-bond donors (Lipinski definition) is 1. The molecule has 0 saturated heterocycles. The first-order chi connectivity index (χ1) is 11.9. The van der Waals surface area contributed by atoms with Crippen molar-refractivity contribution in [1.82, 2.24) is 4.90 Å². The molecule has 0 radical (unpaired) electrons. The highest BCUT2D eigenvalue weighted by atomic mass is 19.2. The molecule has 1 saturated carbocycles. The van der Waals surface area contributed by atoms with Gasteiger partial charge in [-0.05, 0) is 36.6 Å². The zero-order valence-corrected chi connectivity index (χ0v) is 14.2. The van der Waals surface area contributed by atoms with Crippen LogP contribution in [0.15, 0.2) is 48.5 Å². The van der Waals surface area contributed by atoms with Crippen LogP contribution in [0.25, 0.3) is 0 Å². The van der Waals surface area contributed by atoms with Crippen LogP contribution in [-0.4, -0.2) is 29.6 Å². The molecule has 0 bridgehead atoms. The molecule has 3 atom stereocenters. The normalized spacial score (nSPS) is 23.2. The molecule has 3 rings (SSSR count). The molecule has 132 valence electrons. The fourth-order valence-electron chi connectivity index (χ4n) is 3.51. The zero-order valence-electron chi connectivity index (χ0n) is 14.2. The molecule has 1 unspecified atom stereocenters. The van der Waals surface area contributed by atoms with Crippen molar-refractivity contribution < 1.29 is 18.7 Å². The summed E-state index contributed by atoms with van der Waals surface area (Å²) in [5.74, 6) is -2.39. The third-order valence-electron chi connectivity index (χ3n) is 5.33. The number of nitrogens with zero attached hydrogens (tertiary/aromatic N) is 1. The number of carbonyl (C=O) groups excluding carboxylic acids is 1. The fraction of sp³-hybridized carbons (Fsp3) is 0.350. The largest absolute Gasteiger partial charge is 0.396 e. The van der Waals surface area contributed by atoms with Crippen LogP contribution >= 0.6 is 0 Å². The highest BCUT2D eigenvalue weighted by Crippen LogP contribution is 2.55. The van der Waals surface area contributed by atoms with E-state index in [-0.39, 0.29) is 24.5 Å². The van der Waals surface area contributed by atoms with E-state index < -0.39 is 17.0 Å². The van der Waals surface area contributed by atoms with Gasteiger partial charge in [0.05, 0.1) is 11.5 Å². The van der Waals surface area contributed by atoms with Gasteiger partial charge in [-0.25, -0.2) is 8.78 Å². The summed E-state index contributed by atoms with van der Waals surface area (Å²) < 4.78 is 27.0. The van der Waals surface area contributed by atoms with Crippen LogP contribution in [-0.2, 0) is 10.2 Å². The molecule has 1 amide bonds. The predicted octanol–water partition coefficient (Wildman–Crippen LogP) is 3.43. The van der Waals surface area contributed by atoms with E-state index in [2.05, 4.69) is 0 Å². The average molecular weight is 345 g/mol. The maximum Gasteiger partial charge on any atom is 0.233 e. The first kappa shape index (κ1) is 17.5. The van der Waals surface area contributed by atoms with Crippen molar-refractivity contribution in [3.63, 3.8) is 0 Å². The van der Waals surface area contributed by atoms with Crippen LogP contribution in [0.3, 0.4) is 0 Å². The van der Waals surface area contributed by atoms with Gasteiger partial charge in [0.25, 0.3) is 0 Å². The second kappa shape index (κ2) is 6.56. The molecule has 25 heavy (non-hydrogen) atoms. The standard InChI is InChI=1S/C20H21F2NO2/c1-13(14-6-4-3-5-7-14)23(2)19(25)20(11-16(20)12-24)15-8-9-17(21)18(22)10-15/h3-10,13,16,24H,11-12H2,1-2H3/t13?,16-,20+/m0/s1. The van der Waals surface area contributed by atoms with Crippen LogP contribution in [0.4, 0.5) is 8.78 Å². The van der Waals surface area contributed by atoms with Gasteiger partial charge in [-0.15, -0.1) is 0 Å². The van der Waals surface area contributed by atoms with Gasteiger partial charge in [-0.3, -0.25) is 4.79 Å². The van der Waals surface area contributed by atoms with Crippen LogP contribution in [0.2, 0.25) is 0 Å². The van der Waals surface area contributed by atoms with E-state index in [0.717, 1.165) is 17.7 Å². The summed E-state index contributed by atoms with van der Waals surface area (Å²) >= 11 is 0. The molecule has 5 heteroatoms. The summed E-state index contributed by atoms with van der Waals surface area (Å²) in [6.45, 7) is 1.75. The van der Waals surface area contributed by atoms with E-state index in [1.807, 2.05) is 37.3 Å². The quantitative estimate of drug-likeness (QED) is 0.902. The number of aliphatic hydroxyl groups is 1. The molecule has 1 N–H and O–H groups in total. The van der Waals surface area contributed by atoms with Gasteiger partial charge in [-0.1, -0.05) is 36.4 Å². The zero-order chi connectivity index (χ0) is 18.2. The Balaban J connectivity index is 1.93. The lowest BCUT2D eigenvalue weighted by Crippen LogP contribution is -2.39. The number of carbonyl (C=O) groups is 1. The Labute approximate surface area is 145 Å². The van der Waals surface area contributed by atoms with Gasteiger partial charge < -0.3 is 10.0 Å². The van der Waals surface area contributed by atoms with Crippen molar-refractivity contribution in [2.24, 2.45) is 5.92 Å². The lowest BCUT2D eigenvalue weighted by Gasteiger charge is -2.30. The van der Waals surface area contributed by atoms with Crippen molar-refractivity contribution in [3.05, 3.63) is 71.3 Å². The van der Waals surface area contributed by atoms with Gasteiger partial charge in [0.1, 0.15) is 0 Å². The number of benzene rings is 2. The molecule has 2 aromatic carbocycles. The Morgan fingerprint density at radius 3 is 2.48 bits per heavy atom. The number of hydrogen-bond acceptors (Lipinski definition) is 2. The van der Waals surface area contributed by atoms with Crippen molar-refractivity contribution in [2.45, 2.75) is 24.8 Å². The van der Waals surface area contributed by atoms with Crippen molar-refractivity contribution in [3.8, 4) is 0 Å². The van der Waals surface area contributed by atoms with E-state index in [1.165, 1.54) is 6.07 Å². The number of likely N-dealkylation sites (N-methyl/N-ethyl adjacent to an activating group) is 1. The minimum absolute atomic E-state index is 0.168. The van der Waals surface area contributed by atoms with Crippen LogP contribution in [0.1, 0.15) is 30.5 Å². The highest BCUT2D eigenvalue weighted by molar-refractivity contribution is 5.92. The molecule has 1 fully saturated rings. The molecule has 3 nitrogen and oxygen atoms in total. The number of aliphatic hydroxyl groups excluding tert-OH is 1. The first-order valence-electron chi connectivity index (χ1n) is 8.30. The van der Waals surface area contributed by atoms with Crippen LogP contribution < -0.4 is 0 Å². The first-order valence-corrected chi connectivity index (χ1v) is 8.30. The number of rotatable bonds is 5. The summed E-state index contributed by atoms with van der Waals surface area (Å²) in [5.41, 5.74) is 0.420. The van der Waals surface area contributed by atoms with Crippen LogP contribution in [0.5, 0.6) is 0 Å². The Morgan fingerprint density at radius 2 is 1.92 bits per heavy atom. The predicted molar refractivity (Wildman–Crippen MR) is 90.9 cm³/mol. The Kier molecular flexibility index (Phi) is 4.60. The minimum Gasteiger partial charge on any atom is -0.396 e. The van der Waals surface area contributed by atoms with Crippen molar-refractivity contribution >= 4 is 5.91 Å². The molecule has 0 aromatic heterocycles. The SMILES string of the molecule is CC(c1ccccc1)N(C)C(=O)[C@@]1(c2ccc(F)c(F)c2)C[C@H]1CO. The molecule has 0 spiro atoms. The summed E-state index contributed by atoms with van der Waals surface area (Å²) in [6, 6.07) is 13.0. The minimum atomic E-state index is -0.985. The summed E-state index contributed by atoms with van der Waals surface area (Å²) in [4.78, 5) is 14.8. The van der Waals surface area contributed by atoms with Gasteiger partial charge in [0.15, 0.2) is 11.6 Å². The summed E-state index contributed by atoms with van der Waals surface area (Å²) in [5, 5.41) is 9.57. The Hall–Kier alpha value is -2.27. The second-order valence-corrected chi connectivity index (χ2v) is 6.69. The second-order valence-electron chi connectivity index (χ2n) is 6.69. The molecule has 0 heterocycles. The van der Waals surface area contributed by atoms with E-state index >= 15 is 0 Å². The molecule has 1 aliphatic carbocycles. The number of amides is 1. The lowest BCUT2D eigenvalue weighted by atomic mass is 9.90. The molecule has 1 aliphatic rings. The van der Waals surface area contributed by atoms with Crippen LogP contribution in [0, 0.1) is 17.6 Å². The average Bonchev–Trinajstić information content (AvgIpc) is 3.38. The van der Waals surface area contributed by atoms with Crippen molar-refractivity contribution in [1.29, 1.82) is 0 Å². The Morgan fingerprint density at radius 1 is 1.24 bits per heavy atom. The van der Waals surface area contributed by atoms with Gasteiger partial charge in [0.2, 0.25) is 5.91 Å². The molecular formula is C20H21F2NO2. The topological polar surface area (TPSA) is 40.5 Å². The smallest absolute Gasteiger partial charge is 0.233 e. The molecule has 2 aromatic rings. The van der Waals surface area contributed by atoms with E-state index in [1.54, 1.807) is 11.9 Å². The summed E-state index contributed by atoms with van der Waals surface area (Å²) in [7, 11) is 1.70. The maximum atomic E-state index is 13.7. The van der Waals surface area contributed by atoms with Gasteiger partial charge in [0, 0.05) is 19.6 Å². The Bertz CT molecular complexity index is 781. The third-order valence-corrected chi connectivity index (χ3v) is 5.33. The van der Waals surface area contributed by atoms with Gasteiger partial charge in [-0.2, -0.15) is 0 Å². The monoisotopic (exact) mass is 345 g/mol. The fourth-order valence-corrected chi connectivity index (χ4v) is 3.51. The van der Waals surface area contributed by atoms with Gasteiger partial charge >= 0.3 is 0 Å². The van der Waals surface area contributed by atoms with E-state index in [4.69, 9.17) is 0 Å². The van der Waals surface area contributed by atoms with E-state index in [9.17, 15) is 18.7 Å². The molecular weight excluding hydrogens is 324 g/mol. The highest BCUT2D eigenvalue weighted by Gasteiger charge is 2.62. The maximum absolute atomic E-state index is 13.7. The third kappa shape index (κ3) is 2.93. The van der Waals surface area contributed by atoms with Crippen molar-refractivity contribution in [2.75, 3.05) is 13.7 Å². The summed E-state index contributed by atoms with van der Waals surface area (Å²) in [6.07, 6.45) is 0.430.